The number of hydrogen-bond donors (Lipinski definition) is 2. The highest BCUT2D eigenvalue weighted by atomic mass is 19.3. The van der Waals surface area contributed by atoms with Crippen molar-refractivity contribution in [3.63, 3.8) is 0 Å². The average molecular weight is 178 g/mol. The van der Waals surface area contributed by atoms with E-state index in [9.17, 15) is 8.78 Å². The van der Waals surface area contributed by atoms with Crippen LogP contribution in [0.25, 0.3) is 0 Å². The molecule has 0 heterocycles. The molecule has 0 aliphatic carbocycles. The Morgan fingerprint density at radius 1 is 1.58 bits per heavy atom. The largest absolute Gasteiger partial charge is 0.392 e. The number of nitrogens with one attached hydrogen (secondary N) is 1. The van der Waals surface area contributed by atoms with Gasteiger partial charge in [0.2, 0.25) is 0 Å². The van der Waals surface area contributed by atoms with E-state index in [1.165, 1.54) is 6.92 Å². The van der Waals surface area contributed by atoms with Gasteiger partial charge in [0.25, 0.3) is 6.43 Å². The van der Waals surface area contributed by atoms with E-state index in [4.69, 9.17) is 10.4 Å². The second kappa shape index (κ2) is 5.86. The number of nitrogens with zero attached hydrogens (tertiary/aromatic N) is 1. The van der Waals surface area contributed by atoms with E-state index in [0.717, 1.165) is 0 Å². The molecule has 5 heteroatoms. The van der Waals surface area contributed by atoms with Gasteiger partial charge in [-0.05, 0) is 6.92 Å². The molecule has 0 aliphatic heterocycles. The molecule has 2 N–H and O–H groups in total. The van der Waals surface area contributed by atoms with Crippen molar-refractivity contribution in [1.29, 1.82) is 5.26 Å². The highest BCUT2D eigenvalue weighted by Gasteiger charge is 2.15. The first kappa shape index (κ1) is 11.3. The zero-order valence-corrected chi connectivity index (χ0v) is 6.80. The van der Waals surface area contributed by atoms with Gasteiger partial charge >= 0.3 is 0 Å². The molecule has 70 valence electrons. The smallest absolute Gasteiger partial charge is 0.250 e. The number of alkyl halides is 2. The minimum absolute atomic E-state index is 0.0321. The summed E-state index contributed by atoms with van der Waals surface area (Å²) in [4.78, 5) is 0. The number of hydrogen-bond acceptors (Lipinski definition) is 3. The van der Waals surface area contributed by atoms with Gasteiger partial charge < -0.3 is 10.4 Å². The Bertz CT molecular complexity index is 156. The third kappa shape index (κ3) is 4.99. The number of aliphatic hydroxyl groups excluding tert-OH is 1. The third-order valence-electron chi connectivity index (χ3n) is 1.43. The Kier molecular flexibility index (Phi) is 5.51. The van der Waals surface area contributed by atoms with Gasteiger partial charge in [-0.1, -0.05) is 0 Å². The van der Waals surface area contributed by atoms with Crippen LogP contribution in [0, 0.1) is 11.3 Å². The predicted octanol–water partition coefficient (Wildman–Crippen LogP) is 0.504. The fourth-order valence-corrected chi connectivity index (χ4v) is 0.752. The van der Waals surface area contributed by atoms with Crippen LogP contribution < -0.4 is 5.32 Å². The standard InChI is InChI=1S/C7H12F2N2O/c1-5(12)6(2-3-10)11-4-7(8)9/h5-7,11-12H,2,4H2,1H3. The Balaban J connectivity index is 3.73. The Hall–Kier alpha value is -0.730. The van der Waals surface area contributed by atoms with Gasteiger partial charge in [0.1, 0.15) is 0 Å². The van der Waals surface area contributed by atoms with Gasteiger partial charge in [0.05, 0.1) is 25.1 Å². The molecule has 0 saturated carbocycles. The summed E-state index contributed by atoms with van der Waals surface area (Å²) in [5.74, 6) is 0. The van der Waals surface area contributed by atoms with Crippen LogP contribution in [-0.4, -0.2) is 30.2 Å². The predicted molar refractivity (Wildman–Crippen MR) is 39.7 cm³/mol. The molecule has 0 saturated heterocycles. The summed E-state index contributed by atoms with van der Waals surface area (Å²) in [7, 11) is 0. The number of nitriles is 1. The fraction of sp³-hybridized carbons (Fsp3) is 0.857. The lowest BCUT2D eigenvalue weighted by molar-refractivity contribution is 0.110. The van der Waals surface area contributed by atoms with Crippen LogP contribution in [0.5, 0.6) is 0 Å². The monoisotopic (exact) mass is 178 g/mol. The van der Waals surface area contributed by atoms with Crippen LogP contribution in [-0.2, 0) is 0 Å². The second-order valence-corrected chi connectivity index (χ2v) is 2.51. The summed E-state index contributed by atoms with van der Waals surface area (Å²) < 4.78 is 23.3. The zero-order valence-electron chi connectivity index (χ0n) is 6.80. The van der Waals surface area contributed by atoms with E-state index in [2.05, 4.69) is 5.32 Å². The van der Waals surface area contributed by atoms with Crippen molar-refractivity contribution in [2.24, 2.45) is 0 Å². The molecule has 0 aromatic rings. The molecule has 2 atom stereocenters. The molecule has 0 fully saturated rings. The molecule has 0 amide bonds. The molecular formula is C7H12F2N2O. The van der Waals surface area contributed by atoms with Gasteiger partial charge in [0.15, 0.2) is 0 Å². The van der Waals surface area contributed by atoms with Crippen molar-refractivity contribution in [3.05, 3.63) is 0 Å². The summed E-state index contributed by atoms with van der Waals surface area (Å²) in [6.45, 7) is 0.970. The van der Waals surface area contributed by atoms with Gasteiger partial charge in [-0.3, -0.25) is 0 Å². The van der Waals surface area contributed by atoms with E-state index >= 15 is 0 Å². The molecule has 0 rings (SSSR count). The maximum atomic E-state index is 11.7. The van der Waals surface area contributed by atoms with E-state index in [-0.39, 0.29) is 6.42 Å². The van der Waals surface area contributed by atoms with Crippen molar-refractivity contribution >= 4 is 0 Å². The highest BCUT2D eigenvalue weighted by molar-refractivity contribution is 4.84. The minimum Gasteiger partial charge on any atom is -0.392 e. The number of halogens is 2. The van der Waals surface area contributed by atoms with Crippen LogP contribution >= 0.6 is 0 Å². The van der Waals surface area contributed by atoms with Crippen molar-refractivity contribution in [3.8, 4) is 6.07 Å². The first-order valence-corrected chi connectivity index (χ1v) is 3.64. The molecule has 3 nitrogen and oxygen atoms in total. The lowest BCUT2D eigenvalue weighted by Crippen LogP contribution is -2.40. The number of aliphatic hydroxyl groups is 1. The average Bonchev–Trinajstić information content (AvgIpc) is 1.96. The van der Waals surface area contributed by atoms with Gasteiger partial charge in [-0.2, -0.15) is 5.26 Å². The molecule has 12 heavy (non-hydrogen) atoms. The highest BCUT2D eigenvalue weighted by Crippen LogP contribution is 1.99. The van der Waals surface area contributed by atoms with Gasteiger partial charge in [-0.15, -0.1) is 0 Å². The zero-order chi connectivity index (χ0) is 9.56. The van der Waals surface area contributed by atoms with Crippen molar-refractivity contribution < 1.29 is 13.9 Å². The third-order valence-corrected chi connectivity index (χ3v) is 1.43. The van der Waals surface area contributed by atoms with Crippen LogP contribution in [0.3, 0.4) is 0 Å². The lowest BCUT2D eigenvalue weighted by atomic mass is 10.1. The van der Waals surface area contributed by atoms with Crippen molar-refractivity contribution in [2.75, 3.05) is 6.54 Å². The van der Waals surface area contributed by atoms with Crippen molar-refractivity contribution in [1.82, 2.24) is 5.32 Å². The molecule has 0 spiro atoms. The topological polar surface area (TPSA) is 56.0 Å². The van der Waals surface area contributed by atoms with E-state index in [1.54, 1.807) is 6.07 Å². The van der Waals surface area contributed by atoms with Crippen LogP contribution in [0.15, 0.2) is 0 Å². The van der Waals surface area contributed by atoms with E-state index in [0.29, 0.717) is 0 Å². The molecular weight excluding hydrogens is 166 g/mol. The quantitative estimate of drug-likeness (QED) is 0.644. The molecule has 2 unspecified atom stereocenters. The first-order chi connectivity index (χ1) is 5.57. The first-order valence-electron chi connectivity index (χ1n) is 3.64. The Morgan fingerprint density at radius 3 is 2.50 bits per heavy atom. The van der Waals surface area contributed by atoms with Crippen LogP contribution in [0.2, 0.25) is 0 Å². The fourth-order valence-electron chi connectivity index (χ4n) is 0.752. The normalized spacial score (nSPS) is 15.7. The molecule has 0 aromatic heterocycles. The van der Waals surface area contributed by atoms with E-state index in [1.807, 2.05) is 0 Å². The van der Waals surface area contributed by atoms with Crippen LogP contribution in [0.1, 0.15) is 13.3 Å². The maximum Gasteiger partial charge on any atom is 0.250 e. The summed E-state index contributed by atoms with van der Waals surface area (Å²) in [6, 6.07) is 1.24. The summed E-state index contributed by atoms with van der Waals surface area (Å²) in [5, 5.41) is 19.7. The SMILES string of the molecule is CC(O)C(CC#N)NCC(F)F. The van der Waals surface area contributed by atoms with Crippen molar-refractivity contribution in [2.45, 2.75) is 31.9 Å². The van der Waals surface area contributed by atoms with Gasteiger partial charge in [0, 0.05) is 6.04 Å². The van der Waals surface area contributed by atoms with E-state index < -0.39 is 25.1 Å². The minimum atomic E-state index is -2.45. The van der Waals surface area contributed by atoms with Crippen LogP contribution in [0.4, 0.5) is 8.78 Å². The molecule has 0 aliphatic rings. The molecule has 0 radical (unpaired) electrons. The maximum absolute atomic E-state index is 11.7. The summed E-state index contributed by atoms with van der Waals surface area (Å²) >= 11 is 0. The Labute approximate surface area is 70.0 Å². The molecule has 0 aromatic carbocycles. The molecule has 0 bridgehead atoms. The second-order valence-electron chi connectivity index (χ2n) is 2.51. The summed E-state index contributed by atoms with van der Waals surface area (Å²) in [6.07, 6.45) is -3.21. The summed E-state index contributed by atoms with van der Waals surface area (Å²) in [5.41, 5.74) is 0. The lowest BCUT2D eigenvalue weighted by Gasteiger charge is -2.17. The van der Waals surface area contributed by atoms with Gasteiger partial charge in [-0.25, -0.2) is 8.78 Å². The Morgan fingerprint density at radius 2 is 2.17 bits per heavy atom. The number of rotatable bonds is 5.